The number of hydrogen-bond donors (Lipinski definition) is 1. The third kappa shape index (κ3) is 3.54. The minimum Gasteiger partial charge on any atom is -0.383 e. The minimum absolute atomic E-state index is 0.724. The fourth-order valence-corrected chi connectivity index (χ4v) is 2.10. The monoisotopic (exact) mass is 357 g/mol. The Morgan fingerprint density at radius 1 is 1.39 bits per heavy atom. The van der Waals surface area contributed by atoms with Gasteiger partial charge in [-0.25, -0.2) is 4.68 Å². The molecule has 0 spiro atoms. The Bertz CT molecular complexity index is 498. The Labute approximate surface area is 120 Å². The van der Waals surface area contributed by atoms with Crippen LogP contribution < -0.4 is 5.32 Å². The molecule has 96 valence electrons. The second-order valence-electron chi connectivity index (χ2n) is 3.90. The van der Waals surface area contributed by atoms with Crippen LogP contribution in [0.1, 0.15) is 5.56 Å². The van der Waals surface area contributed by atoms with Gasteiger partial charge >= 0.3 is 0 Å². The van der Waals surface area contributed by atoms with E-state index in [9.17, 15) is 0 Å². The normalized spacial score (nSPS) is 10.8. The Morgan fingerprint density at radius 3 is 2.94 bits per heavy atom. The number of benzene rings is 1. The number of nitrogens with zero attached hydrogens (tertiary/aromatic N) is 2. The molecule has 4 nitrogen and oxygen atoms in total. The maximum Gasteiger partial charge on any atom is 0.0690 e. The molecule has 0 aliphatic carbocycles. The van der Waals surface area contributed by atoms with E-state index in [0.29, 0.717) is 0 Å². The quantitative estimate of drug-likeness (QED) is 0.637. The largest absolute Gasteiger partial charge is 0.383 e. The van der Waals surface area contributed by atoms with E-state index in [1.807, 2.05) is 29.2 Å². The van der Waals surface area contributed by atoms with E-state index in [4.69, 9.17) is 4.74 Å². The number of halogens is 1. The smallest absolute Gasteiger partial charge is 0.0690 e. The zero-order valence-corrected chi connectivity index (χ0v) is 12.4. The fourth-order valence-electron chi connectivity index (χ4n) is 1.71. The summed E-state index contributed by atoms with van der Waals surface area (Å²) in [5.74, 6) is 0. The number of ether oxygens (including phenoxy) is 1. The highest BCUT2D eigenvalue weighted by atomic mass is 127. The van der Waals surface area contributed by atoms with Gasteiger partial charge in [0.25, 0.3) is 0 Å². The molecule has 1 aromatic carbocycles. The van der Waals surface area contributed by atoms with Gasteiger partial charge in [0, 0.05) is 26.4 Å². The highest BCUT2D eigenvalue weighted by Gasteiger charge is 2.04. The van der Waals surface area contributed by atoms with Gasteiger partial charge in [-0.15, -0.1) is 0 Å². The lowest BCUT2D eigenvalue weighted by atomic mass is 10.2. The van der Waals surface area contributed by atoms with E-state index in [0.717, 1.165) is 29.0 Å². The fraction of sp³-hybridized carbons (Fsp3) is 0.308. The van der Waals surface area contributed by atoms with Gasteiger partial charge in [-0.3, -0.25) is 0 Å². The molecule has 1 aromatic heterocycles. The third-order valence-electron chi connectivity index (χ3n) is 2.59. The predicted octanol–water partition coefficient (Wildman–Crippen LogP) is 2.21. The van der Waals surface area contributed by atoms with Gasteiger partial charge in [-0.2, -0.15) is 5.10 Å². The topological polar surface area (TPSA) is 39.1 Å². The van der Waals surface area contributed by atoms with E-state index in [-0.39, 0.29) is 0 Å². The van der Waals surface area contributed by atoms with E-state index in [2.05, 4.69) is 45.1 Å². The SMILES string of the molecule is COCCNCc1ccccc1-n1cc(I)cn1. The molecule has 5 heteroatoms. The number of nitrogens with one attached hydrogen (secondary N) is 1. The van der Waals surface area contributed by atoms with E-state index < -0.39 is 0 Å². The van der Waals surface area contributed by atoms with Crippen LogP contribution in [0, 0.1) is 3.57 Å². The molecule has 0 saturated carbocycles. The van der Waals surface area contributed by atoms with Crippen molar-refractivity contribution in [2.75, 3.05) is 20.3 Å². The summed E-state index contributed by atoms with van der Waals surface area (Å²) in [4.78, 5) is 0. The van der Waals surface area contributed by atoms with Crippen molar-refractivity contribution in [1.82, 2.24) is 15.1 Å². The van der Waals surface area contributed by atoms with Gasteiger partial charge in [0.15, 0.2) is 0 Å². The first kappa shape index (κ1) is 13.5. The average Bonchev–Trinajstić information content (AvgIpc) is 2.82. The van der Waals surface area contributed by atoms with Crippen molar-refractivity contribution in [2.24, 2.45) is 0 Å². The average molecular weight is 357 g/mol. The zero-order chi connectivity index (χ0) is 12.8. The van der Waals surface area contributed by atoms with Gasteiger partial charge in [0.1, 0.15) is 0 Å². The summed E-state index contributed by atoms with van der Waals surface area (Å²) in [5, 5.41) is 7.70. The van der Waals surface area contributed by atoms with Gasteiger partial charge in [-0.1, -0.05) is 18.2 Å². The Hall–Kier alpha value is -0.920. The summed E-state index contributed by atoms with van der Waals surface area (Å²) in [6, 6.07) is 8.27. The summed E-state index contributed by atoms with van der Waals surface area (Å²) in [5.41, 5.74) is 2.35. The second-order valence-corrected chi connectivity index (χ2v) is 5.15. The first-order valence-corrected chi connectivity index (χ1v) is 6.87. The van der Waals surface area contributed by atoms with Crippen LogP contribution >= 0.6 is 22.6 Å². The third-order valence-corrected chi connectivity index (χ3v) is 3.14. The standard InChI is InChI=1S/C13H16IN3O/c1-18-7-6-15-8-11-4-2-3-5-13(11)17-10-12(14)9-16-17/h2-5,9-10,15H,6-8H2,1H3. The van der Waals surface area contributed by atoms with Crippen molar-refractivity contribution in [3.05, 3.63) is 45.8 Å². The van der Waals surface area contributed by atoms with Crippen LogP contribution in [0.25, 0.3) is 5.69 Å². The molecule has 1 heterocycles. The minimum atomic E-state index is 0.724. The number of aromatic nitrogens is 2. The van der Waals surface area contributed by atoms with E-state index >= 15 is 0 Å². The van der Waals surface area contributed by atoms with Crippen molar-refractivity contribution in [1.29, 1.82) is 0 Å². The summed E-state index contributed by atoms with van der Waals surface area (Å²) in [6.45, 7) is 2.39. The highest BCUT2D eigenvalue weighted by molar-refractivity contribution is 14.1. The maximum absolute atomic E-state index is 5.02. The van der Waals surface area contributed by atoms with Crippen molar-refractivity contribution in [2.45, 2.75) is 6.54 Å². The van der Waals surface area contributed by atoms with Crippen LogP contribution in [0.3, 0.4) is 0 Å². The Kier molecular flexibility index (Phi) is 5.15. The highest BCUT2D eigenvalue weighted by Crippen LogP contribution is 2.15. The molecule has 0 unspecified atom stereocenters. The zero-order valence-electron chi connectivity index (χ0n) is 10.3. The molecule has 2 aromatic rings. The maximum atomic E-state index is 5.02. The Morgan fingerprint density at radius 2 is 2.22 bits per heavy atom. The molecule has 0 atom stereocenters. The first-order valence-electron chi connectivity index (χ1n) is 5.79. The number of hydrogen-bond acceptors (Lipinski definition) is 3. The van der Waals surface area contributed by atoms with Crippen LogP contribution in [-0.4, -0.2) is 30.0 Å². The summed E-state index contributed by atoms with van der Waals surface area (Å²) < 4.78 is 8.06. The van der Waals surface area contributed by atoms with Gasteiger partial charge < -0.3 is 10.1 Å². The molecule has 0 bridgehead atoms. The molecule has 2 rings (SSSR count). The summed E-state index contributed by atoms with van der Waals surface area (Å²) in [7, 11) is 1.71. The van der Waals surface area contributed by atoms with Crippen molar-refractivity contribution < 1.29 is 4.74 Å². The second kappa shape index (κ2) is 6.86. The predicted molar refractivity (Wildman–Crippen MR) is 79.9 cm³/mol. The van der Waals surface area contributed by atoms with E-state index in [1.54, 1.807) is 7.11 Å². The molecule has 0 radical (unpaired) electrons. The lowest BCUT2D eigenvalue weighted by Crippen LogP contribution is -2.19. The lowest BCUT2D eigenvalue weighted by molar-refractivity contribution is 0.199. The van der Waals surface area contributed by atoms with Crippen LogP contribution in [0.15, 0.2) is 36.7 Å². The Balaban J connectivity index is 2.10. The van der Waals surface area contributed by atoms with Gasteiger partial charge in [0.05, 0.1) is 22.1 Å². The lowest BCUT2D eigenvalue weighted by Gasteiger charge is -2.10. The van der Waals surface area contributed by atoms with Crippen LogP contribution in [0.5, 0.6) is 0 Å². The molecular formula is C13H16IN3O. The summed E-state index contributed by atoms with van der Waals surface area (Å²) >= 11 is 2.26. The van der Waals surface area contributed by atoms with Crippen molar-refractivity contribution >= 4 is 22.6 Å². The van der Waals surface area contributed by atoms with E-state index in [1.165, 1.54) is 5.56 Å². The molecule has 0 fully saturated rings. The number of para-hydroxylation sites is 1. The number of rotatable bonds is 6. The molecular weight excluding hydrogens is 341 g/mol. The summed E-state index contributed by atoms with van der Waals surface area (Å²) in [6.07, 6.45) is 3.88. The first-order chi connectivity index (χ1) is 8.81. The van der Waals surface area contributed by atoms with Crippen LogP contribution in [0.2, 0.25) is 0 Å². The van der Waals surface area contributed by atoms with Crippen LogP contribution in [0.4, 0.5) is 0 Å². The molecule has 0 aliphatic rings. The molecule has 1 N–H and O–H groups in total. The van der Waals surface area contributed by atoms with Crippen LogP contribution in [-0.2, 0) is 11.3 Å². The molecule has 0 amide bonds. The van der Waals surface area contributed by atoms with Crippen molar-refractivity contribution in [3.63, 3.8) is 0 Å². The van der Waals surface area contributed by atoms with Gasteiger partial charge in [0.2, 0.25) is 0 Å². The van der Waals surface area contributed by atoms with Crippen molar-refractivity contribution in [3.8, 4) is 5.69 Å². The number of methoxy groups -OCH3 is 1. The molecule has 0 saturated heterocycles. The molecule has 18 heavy (non-hydrogen) atoms. The molecule has 0 aliphatic heterocycles. The van der Waals surface area contributed by atoms with Gasteiger partial charge in [-0.05, 0) is 34.2 Å².